The molecule has 2 N–H and O–H groups in total. The summed E-state index contributed by atoms with van der Waals surface area (Å²) in [5.74, 6) is 0.218. The highest BCUT2D eigenvalue weighted by atomic mass is 16.3. The Kier molecular flexibility index (Phi) is 5.92. The summed E-state index contributed by atoms with van der Waals surface area (Å²) in [6.45, 7) is 1.32. The molecule has 4 heteroatoms. The summed E-state index contributed by atoms with van der Waals surface area (Å²) < 4.78 is 0. The van der Waals surface area contributed by atoms with E-state index in [4.69, 9.17) is 0 Å². The van der Waals surface area contributed by atoms with Crippen LogP contribution in [0.15, 0.2) is 84.9 Å². The molecule has 1 fully saturated rings. The van der Waals surface area contributed by atoms with E-state index in [1.807, 2.05) is 89.8 Å². The Balaban J connectivity index is 1.42. The highest BCUT2D eigenvalue weighted by Crippen LogP contribution is 2.32. The van der Waals surface area contributed by atoms with Crippen molar-refractivity contribution in [3.05, 3.63) is 96.1 Å². The Morgan fingerprint density at radius 3 is 2.14 bits per heavy atom. The van der Waals surface area contributed by atoms with Crippen molar-refractivity contribution in [2.24, 2.45) is 5.92 Å². The Bertz CT molecular complexity index is 935. The number of hydrogen-bond acceptors (Lipinski definition) is 3. The van der Waals surface area contributed by atoms with Crippen molar-refractivity contribution in [3.63, 3.8) is 0 Å². The summed E-state index contributed by atoms with van der Waals surface area (Å²) in [4.78, 5) is 15.1. The SMILES string of the molecule is O=C(c1ccccc1Nc1ccccc1)N1CCC(C(O)c2ccccc2)CC1. The number of nitrogens with one attached hydrogen (secondary N) is 1. The van der Waals surface area contributed by atoms with Crippen LogP contribution in [0, 0.1) is 5.92 Å². The molecule has 0 aromatic heterocycles. The molecule has 1 unspecified atom stereocenters. The van der Waals surface area contributed by atoms with Gasteiger partial charge in [-0.15, -0.1) is 0 Å². The number of amides is 1. The zero-order chi connectivity index (χ0) is 20.1. The van der Waals surface area contributed by atoms with Crippen LogP contribution < -0.4 is 5.32 Å². The molecule has 1 atom stereocenters. The second-order valence-corrected chi connectivity index (χ2v) is 7.52. The zero-order valence-corrected chi connectivity index (χ0v) is 16.4. The van der Waals surface area contributed by atoms with E-state index in [0.717, 1.165) is 29.8 Å². The fourth-order valence-corrected chi connectivity index (χ4v) is 3.97. The van der Waals surface area contributed by atoms with Gasteiger partial charge >= 0.3 is 0 Å². The fraction of sp³-hybridized carbons (Fsp3) is 0.240. The summed E-state index contributed by atoms with van der Waals surface area (Å²) in [7, 11) is 0. The standard InChI is InChI=1S/C25H26N2O2/c28-24(19-9-3-1-4-10-19)20-15-17-27(18-16-20)25(29)22-13-7-8-14-23(22)26-21-11-5-2-6-12-21/h1-14,20,24,26,28H,15-18H2. The molecule has 4 rings (SSSR count). The lowest BCUT2D eigenvalue weighted by Gasteiger charge is -2.34. The van der Waals surface area contributed by atoms with Crippen molar-refractivity contribution < 1.29 is 9.90 Å². The fourth-order valence-electron chi connectivity index (χ4n) is 3.97. The molecule has 0 saturated carbocycles. The number of nitrogens with zero attached hydrogens (tertiary/aromatic N) is 1. The number of aliphatic hydroxyl groups is 1. The summed E-state index contributed by atoms with van der Waals surface area (Å²) in [5, 5.41) is 14.0. The molecule has 0 radical (unpaired) electrons. The van der Waals surface area contributed by atoms with Crippen molar-refractivity contribution in [2.45, 2.75) is 18.9 Å². The lowest BCUT2D eigenvalue weighted by atomic mass is 9.87. The summed E-state index contributed by atoms with van der Waals surface area (Å²) in [6, 6.07) is 27.3. The lowest BCUT2D eigenvalue weighted by molar-refractivity contribution is 0.0463. The van der Waals surface area contributed by atoms with Crippen LogP contribution in [0.5, 0.6) is 0 Å². The number of likely N-dealkylation sites (tertiary alicyclic amines) is 1. The monoisotopic (exact) mass is 386 g/mol. The third kappa shape index (κ3) is 4.49. The highest BCUT2D eigenvalue weighted by Gasteiger charge is 2.29. The minimum Gasteiger partial charge on any atom is -0.388 e. The van der Waals surface area contributed by atoms with Gasteiger partial charge in [0.25, 0.3) is 5.91 Å². The molecule has 4 nitrogen and oxygen atoms in total. The van der Waals surface area contributed by atoms with Crippen molar-refractivity contribution >= 4 is 17.3 Å². The topological polar surface area (TPSA) is 52.6 Å². The smallest absolute Gasteiger partial charge is 0.255 e. The first kappa shape index (κ1) is 19.2. The van der Waals surface area contributed by atoms with Gasteiger partial charge in [-0.2, -0.15) is 0 Å². The Labute approximate surface area is 171 Å². The summed E-state index contributed by atoms with van der Waals surface area (Å²) >= 11 is 0. The van der Waals surface area contributed by atoms with E-state index in [2.05, 4.69) is 5.32 Å². The predicted octanol–water partition coefficient (Wildman–Crippen LogP) is 5.02. The number of piperidine rings is 1. The van der Waals surface area contributed by atoms with Crippen LogP contribution in [0.4, 0.5) is 11.4 Å². The van der Waals surface area contributed by atoms with Gasteiger partial charge in [0, 0.05) is 18.8 Å². The molecule has 1 amide bonds. The van der Waals surface area contributed by atoms with Crippen molar-refractivity contribution in [3.8, 4) is 0 Å². The number of carbonyl (C=O) groups is 1. The number of aliphatic hydroxyl groups excluding tert-OH is 1. The number of para-hydroxylation sites is 2. The Morgan fingerprint density at radius 2 is 1.45 bits per heavy atom. The van der Waals surface area contributed by atoms with E-state index >= 15 is 0 Å². The van der Waals surface area contributed by atoms with Crippen LogP contribution in [-0.4, -0.2) is 29.0 Å². The van der Waals surface area contributed by atoms with Gasteiger partial charge in [-0.3, -0.25) is 4.79 Å². The van der Waals surface area contributed by atoms with Crippen molar-refractivity contribution in [1.82, 2.24) is 4.90 Å². The van der Waals surface area contributed by atoms with Crippen LogP contribution in [0.25, 0.3) is 0 Å². The maximum absolute atomic E-state index is 13.2. The first-order valence-electron chi connectivity index (χ1n) is 10.2. The van der Waals surface area contributed by atoms with Crippen LogP contribution in [0.1, 0.15) is 34.9 Å². The molecule has 148 valence electrons. The Morgan fingerprint density at radius 1 is 0.862 bits per heavy atom. The third-order valence-electron chi connectivity index (χ3n) is 5.62. The average molecular weight is 386 g/mol. The van der Waals surface area contributed by atoms with Gasteiger partial charge in [-0.25, -0.2) is 0 Å². The molecule has 0 bridgehead atoms. The maximum atomic E-state index is 13.2. The molecule has 0 aliphatic carbocycles. The maximum Gasteiger partial charge on any atom is 0.255 e. The molecule has 1 aliphatic heterocycles. The van der Waals surface area contributed by atoms with Crippen molar-refractivity contribution in [2.75, 3.05) is 18.4 Å². The molecule has 1 aliphatic rings. The van der Waals surface area contributed by atoms with Gasteiger partial charge < -0.3 is 15.3 Å². The van der Waals surface area contributed by atoms with Crippen LogP contribution in [-0.2, 0) is 0 Å². The minimum absolute atomic E-state index is 0.0386. The largest absolute Gasteiger partial charge is 0.388 e. The molecular weight excluding hydrogens is 360 g/mol. The van der Waals surface area contributed by atoms with E-state index in [1.165, 1.54) is 0 Å². The number of benzene rings is 3. The zero-order valence-electron chi connectivity index (χ0n) is 16.4. The van der Waals surface area contributed by atoms with Crippen molar-refractivity contribution in [1.29, 1.82) is 0 Å². The van der Waals surface area contributed by atoms with E-state index in [1.54, 1.807) is 0 Å². The van der Waals surface area contributed by atoms with Crippen LogP contribution in [0.2, 0.25) is 0 Å². The molecule has 1 saturated heterocycles. The molecule has 29 heavy (non-hydrogen) atoms. The Hall–Kier alpha value is -3.11. The van der Waals surface area contributed by atoms with Gasteiger partial charge in [-0.1, -0.05) is 60.7 Å². The number of anilines is 2. The number of rotatable bonds is 5. The van der Waals surface area contributed by atoms with Gasteiger partial charge in [0.2, 0.25) is 0 Å². The van der Waals surface area contributed by atoms with E-state index in [-0.39, 0.29) is 11.8 Å². The second kappa shape index (κ2) is 8.93. The average Bonchev–Trinajstić information content (AvgIpc) is 2.80. The van der Waals surface area contributed by atoms with Gasteiger partial charge in [0.15, 0.2) is 0 Å². The van der Waals surface area contributed by atoms with E-state index < -0.39 is 6.10 Å². The number of carbonyl (C=O) groups excluding carboxylic acids is 1. The molecule has 3 aromatic rings. The lowest BCUT2D eigenvalue weighted by Crippen LogP contribution is -2.40. The quantitative estimate of drug-likeness (QED) is 0.648. The minimum atomic E-state index is -0.472. The molecule has 1 heterocycles. The van der Waals surface area contributed by atoms with Crippen LogP contribution >= 0.6 is 0 Å². The first-order valence-corrected chi connectivity index (χ1v) is 10.2. The molecular formula is C25H26N2O2. The van der Waals surface area contributed by atoms with Gasteiger partial charge in [-0.05, 0) is 48.6 Å². The van der Waals surface area contributed by atoms with Gasteiger partial charge in [0.1, 0.15) is 0 Å². The third-order valence-corrected chi connectivity index (χ3v) is 5.62. The summed E-state index contributed by atoms with van der Waals surface area (Å²) in [5.41, 5.74) is 3.40. The van der Waals surface area contributed by atoms with E-state index in [9.17, 15) is 9.90 Å². The summed E-state index contributed by atoms with van der Waals surface area (Å²) in [6.07, 6.45) is 1.13. The number of hydrogen-bond donors (Lipinski definition) is 2. The highest BCUT2D eigenvalue weighted by molar-refractivity contribution is 6.00. The molecule has 0 spiro atoms. The normalized spacial score (nSPS) is 15.7. The van der Waals surface area contributed by atoms with E-state index in [0.29, 0.717) is 18.7 Å². The second-order valence-electron chi connectivity index (χ2n) is 7.52. The predicted molar refractivity (Wildman–Crippen MR) is 116 cm³/mol. The molecule has 3 aromatic carbocycles. The first-order chi connectivity index (χ1) is 14.2. The van der Waals surface area contributed by atoms with Gasteiger partial charge in [0.05, 0.1) is 17.4 Å². The van der Waals surface area contributed by atoms with Crippen LogP contribution in [0.3, 0.4) is 0 Å².